The summed E-state index contributed by atoms with van der Waals surface area (Å²) < 4.78 is 18.0. The molecule has 0 saturated heterocycles. The third kappa shape index (κ3) is 13.0. The van der Waals surface area contributed by atoms with E-state index in [-0.39, 0.29) is 24.5 Å². The second kappa shape index (κ2) is 20.0. The number of carbonyl (C=O) groups excluding carboxylic acids is 3. The van der Waals surface area contributed by atoms with Gasteiger partial charge in [-0.25, -0.2) is 10.3 Å². The first-order chi connectivity index (χ1) is 25.4. The van der Waals surface area contributed by atoms with E-state index >= 15 is 0 Å². The quantitative estimate of drug-likeness (QED) is 0.0635. The Morgan fingerprint density at radius 2 is 1.43 bits per heavy atom. The number of urea groups is 1. The molecular formula is C41H51ClN4O7. The fraction of sp³-hybridized carbons (Fsp3) is 0.390. The highest BCUT2D eigenvalue weighted by Crippen LogP contribution is 2.32. The molecule has 0 aliphatic carbocycles. The lowest BCUT2D eigenvalue weighted by molar-refractivity contribution is -0.170. The van der Waals surface area contributed by atoms with Gasteiger partial charge in [0.25, 0.3) is 0 Å². The first-order valence-electron chi connectivity index (χ1n) is 17.9. The van der Waals surface area contributed by atoms with E-state index in [4.69, 9.17) is 30.6 Å². The molecule has 0 saturated carbocycles. The van der Waals surface area contributed by atoms with E-state index in [0.717, 1.165) is 27.5 Å². The van der Waals surface area contributed by atoms with Crippen LogP contribution in [-0.4, -0.2) is 55.6 Å². The Balaban J connectivity index is 1.54. The Hall–Kier alpha value is -4.68. The van der Waals surface area contributed by atoms with Crippen LogP contribution in [-0.2, 0) is 36.9 Å². The summed E-state index contributed by atoms with van der Waals surface area (Å²) in [6.07, 6.45) is -0.442. The Bertz CT molecular complexity index is 1770. The molecule has 0 aliphatic rings. The molecule has 0 spiro atoms. The summed E-state index contributed by atoms with van der Waals surface area (Å²) in [6.45, 7) is 12.2. The molecule has 0 heterocycles. The minimum absolute atomic E-state index is 0.166. The standard InChI is InChI=1S/C41H51ClN4O7/c1-7-50-39(51-8-2)27(3)37(34-15-11-13-30-12-9-10-14-33(30)34)45-38(48)35(24-28-18-22-32(23-19-28)53-41(4,5)6)44-36(47)26-52-46-40(49)43-25-29-16-20-31(42)21-17-29/h9-23,27,35,37,39H,7-8,24-26H2,1-6H3,(H,44,47)(H,45,48)(H2,43,46,49)/t27-,35?,37-/m0/s1. The van der Waals surface area contributed by atoms with Gasteiger partial charge in [-0.2, -0.15) is 0 Å². The molecule has 4 aromatic carbocycles. The zero-order valence-corrected chi connectivity index (χ0v) is 32.0. The molecule has 4 N–H and O–H groups in total. The van der Waals surface area contributed by atoms with Crippen molar-refractivity contribution in [1.29, 1.82) is 0 Å². The van der Waals surface area contributed by atoms with Crippen LogP contribution in [0.5, 0.6) is 5.75 Å². The van der Waals surface area contributed by atoms with Crippen LogP contribution in [0.3, 0.4) is 0 Å². The number of carbonyl (C=O) groups is 3. The van der Waals surface area contributed by atoms with Gasteiger partial charge in [0, 0.05) is 37.1 Å². The van der Waals surface area contributed by atoms with Gasteiger partial charge >= 0.3 is 6.03 Å². The molecule has 11 nitrogen and oxygen atoms in total. The van der Waals surface area contributed by atoms with Crippen LogP contribution in [0.2, 0.25) is 5.02 Å². The number of fused-ring (bicyclic) bond motifs is 1. The highest BCUT2D eigenvalue weighted by Gasteiger charge is 2.33. The first kappa shape index (κ1) is 41.1. The average molecular weight is 747 g/mol. The van der Waals surface area contributed by atoms with E-state index in [9.17, 15) is 14.4 Å². The van der Waals surface area contributed by atoms with Crippen molar-refractivity contribution in [2.45, 2.75) is 78.5 Å². The van der Waals surface area contributed by atoms with Crippen molar-refractivity contribution in [3.63, 3.8) is 0 Å². The highest BCUT2D eigenvalue weighted by atomic mass is 35.5. The second-order valence-corrected chi connectivity index (χ2v) is 14.0. The Kier molecular flexibility index (Phi) is 15.5. The maximum Gasteiger partial charge on any atom is 0.338 e. The summed E-state index contributed by atoms with van der Waals surface area (Å²) in [5, 5.41) is 11.3. The first-order valence-corrected chi connectivity index (χ1v) is 18.2. The number of amides is 4. The van der Waals surface area contributed by atoms with Crippen molar-refractivity contribution in [2.24, 2.45) is 5.92 Å². The summed E-state index contributed by atoms with van der Waals surface area (Å²) in [4.78, 5) is 45.1. The minimum Gasteiger partial charge on any atom is -0.488 e. The molecule has 0 radical (unpaired) electrons. The highest BCUT2D eigenvalue weighted by molar-refractivity contribution is 6.30. The molecule has 0 aromatic heterocycles. The topological polar surface area (TPSA) is 136 Å². The zero-order valence-electron chi connectivity index (χ0n) is 31.2. The summed E-state index contributed by atoms with van der Waals surface area (Å²) in [7, 11) is 0. The molecule has 0 aliphatic heterocycles. The minimum atomic E-state index is -1.01. The van der Waals surface area contributed by atoms with Crippen LogP contribution in [0.15, 0.2) is 91.0 Å². The van der Waals surface area contributed by atoms with E-state index in [0.29, 0.717) is 24.0 Å². The monoisotopic (exact) mass is 746 g/mol. The molecule has 3 atom stereocenters. The van der Waals surface area contributed by atoms with Crippen molar-refractivity contribution in [3.05, 3.63) is 113 Å². The van der Waals surface area contributed by atoms with Gasteiger partial charge in [0.1, 0.15) is 17.4 Å². The maximum atomic E-state index is 14.4. The van der Waals surface area contributed by atoms with Crippen LogP contribution in [0.4, 0.5) is 4.79 Å². The van der Waals surface area contributed by atoms with Gasteiger partial charge in [-0.1, -0.05) is 85.3 Å². The fourth-order valence-corrected chi connectivity index (χ4v) is 5.95. The molecule has 284 valence electrons. The van der Waals surface area contributed by atoms with Crippen LogP contribution in [0.1, 0.15) is 64.3 Å². The number of hydroxylamine groups is 1. The second-order valence-electron chi connectivity index (χ2n) is 13.6. The summed E-state index contributed by atoms with van der Waals surface area (Å²) in [6, 6.07) is 26.1. The number of rotatable bonds is 18. The number of ether oxygens (including phenoxy) is 3. The van der Waals surface area contributed by atoms with Gasteiger partial charge < -0.3 is 30.2 Å². The summed E-state index contributed by atoms with van der Waals surface area (Å²) in [5.41, 5.74) is 4.35. The number of hydrogen-bond acceptors (Lipinski definition) is 7. The van der Waals surface area contributed by atoms with E-state index in [1.165, 1.54) is 0 Å². The largest absolute Gasteiger partial charge is 0.488 e. The summed E-state index contributed by atoms with van der Waals surface area (Å²) >= 11 is 5.93. The fourth-order valence-electron chi connectivity index (χ4n) is 5.82. The van der Waals surface area contributed by atoms with Gasteiger partial charge in [-0.3, -0.25) is 14.4 Å². The normalized spacial score (nSPS) is 13.2. The Morgan fingerprint density at radius 3 is 2.09 bits per heavy atom. The zero-order chi connectivity index (χ0) is 38.4. The molecule has 0 bridgehead atoms. The molecular weight excluding hydrogens is 696 g/mol. The van der Waals surface area contributed by atoms with Gasteiger partial charge in [-0.15, -0.1) is 0 Å². The van der Waals surface area contributed by atoms with Crippen LogP contribution in [0.25, 0.3) is 10.8 Å². The molecule has 4 aromatic rings. The molecule has 1 unspecified atom stereocenters. The third-order valence-corrected chi connectivity index (χ3v) is 8.50. The molecule has 4 amide bonds. The summed E-state index contributed by atoms with van der Waals surface area (Å²) in [5.74, 6) is -0.665. The molecule has 12 heteroatoms. The van der Waals surface area contributed by atoms with E-state index in [2.05, 4.69) is 21.4 Å². The van der Waals surface area contributed by atoms with E-state index < -0.39 is 42.8 Å². The number of benzene rings is 4. The molecule has 53 heavy (non-hydrogen) atoms. The van der Waals surface area contributed by atoms with Crippen molar-refractivity contribution in [2.75, 3.05) is 19.8 Å². The average Bonchev–Trinajstić information content (AvgIpc) is 3.13. The Labute approximate surface area is 317 Å². The third-order valence-electron chi connectivity index (χ3n) is 8.25. The number of halogens is 1. The van der Waals surface area contributed by atoms with Gasteiger partial charge in [0.05, 0.1) is 6.04 Å². The van der Waals surface area contributed by atoms with Crippen molar-refractivity contribution in [1.82, 2.24) is 21.4 Å². The Morgan fingerprint density at radius 1 is 0.792 bits per heavy atom. The van der Waals surface area contributed by atoms with Gasteiger partial charge in [0.2, 0.25) is 11.8 Å². The van der Waals surface area contributed by atoms with Gasteiger partial charge in [0.15, 0.2) is 12.9 Å². The smallest absolute Gasteiger partial charge is 0.338 e. The molecule has 4 rings (SSSR count). The maximum absolute atomic E-state index is 14.4. The van der Waals surface area contributed by atoms with E-state index in [1.54, 1.807) is 24.3 Å². The lowest BCUT2D eigenvalue weighted by Gasteiger charge is -2.33. The SMILES string of the molecule is CCOC(OCC)[C@@H](C)[C@H](NC(=O)C(Cc1ccc(OC(C)(C)C)cc1)NC(=O)CONC(=O)NCc1ccc(Cl)cc1)c1cccc2ccccc12. The van der Waals surface area contributed by atoms with Crippen molar-refractivity contribution in [3.8, 4) is 5.75 Å². The lowest BCUT2D eigenvalue weighted by Crippen LogP contribution is -2.51. The van der Waals surface area contributed by atoms with Gasteiger partial charge in [-0.05, 0) is 86.3 Å². The predicted molar refractivity (Wildman–Crippen MR) is 206 cm³/mol. The van der Waals surface area contributed by atoms with Crippen LogP contribution < -0.4 is 26.2 Å². The van der Waals surface area contributed by atoms with Crippen LogP contribution in [0, 0.1) is 5.92 Å². The van der Waals surface area contributed by atoms with E-state index in [1.807, 2.05) is 108 Å². The van der Waals surface area contributed by atoms with Crippen LogP contribution >= 0.6 is 11.6 Å². The lowest BCUT2D eigenvalue weighted by atomic mass is 9.89. The van der Waals surface area contributed by atoms with Crippen molar-refractivity contribution >= 4 is 40.2 Å². The molecule has 0 fully saturated rings. The van der Waals surface area contributed by atoms with Crippen molar-refractivity contribution < 1.29 is 33.4 Å². The number of hydrogen-bond donors (Lipinski definition) is 4. The predicted octanol–water partition coefficient (Wildman–Crippen LogP) is 7.02. The number of nitrogens with one attached hydrogen (secondary N) is 4.